The fraction of sp³-hybridized carbons (Fsp3) is 0.242. The van der Waals surface area contributed by atoms with E-state index < -0.39 is 12.1 Å². The van der Waals surface area contributed by atoms with Crippen LogP contribution >= 0.6 is 46.4 Å². The Morgan fingerprint density at radius 3 is 1.91 bits per heavy atom. The Morgan fingerprint density at radius 2 is 1.38 bits per heavy atom. The van der Waals surface area contributed by atoms with E-state index in [0.29, 0.717) is 55.3 Å². The van der Waals surface area contributed by atoms with Gasteiger partial charge in [0.1, 0.15) is 0 Å². The predicted octanol–water partition coefficient (Wildman–Crippen LogP) is 6.66. The van der Waals surface area contributed by atoms with Crippen LogP contribution in [0.5, 0.6) is 0 Å². The molecule has 1 saturated heterocycles. The molecular formula is C33H31Cl4N3O5. The molecule has 0 spiro atoms. The van der Waals surface area contributed by atoms with E-state index >= 15 is 0 Å². The summed E-state index contributed by atoms with van der Waals surface area (Å²) >= 11 is 24.7. The molecule has 1 aliphatic rings. The molecule has 236 valence electrons. The Balaban J connectivity index is 1.60. The molecule has 1 unspecified atom stereocenters. The number of piperidine rings is 1. The van der Waals surface area contributed by atoms with E-state index in [4.69, 9.17) is 56.2 Å². The minimum Gasteiger partial charge on any atom is -0.465 e. The number of hydrogen-bond donors (Lipinski definition) is 3. The highest BCUT2D eigenvalue weighted by molar-refractivity contribution is 6.42. The predicted molar refractivity (Wildman–Crippen MR) is 179 cm³/mol. The van der Waals surface area contributed by atoms with Crippen LogP contribution in [-0.2, 0) is 20.7 Å². The van der Waals surface area contributed by atoms with Crippen LogP contribution in [0.3, 0.4) is 0 Å². The summed E-state index contributed by atoms with van der Waals surface area (Å²) in [7, 11) is 0. The summed E-state index contributed by atoms with van der Waals surface area (Å²) in [6.07, 6.45) is 2.71. The minimum absolute atomic E-state index is 0.0843. The number of amides is 2. The van der Waals surface area contributed by atoms with Crippen LogP contribution in [0, 0.1) is 0 Å². The lowest BCUT2D eigenvalue weighted by Crippen LogP contribution is -2.52. The van der Waals surface area contributed by atoms with Gasteiger partial charge in [0.25, 0.3) is 0 Å². The Labute approximate surface area is 281 Å². The summed E-state index contributed by atoms with van der Waals surface area (Å²) in [5.41, 5.74) is 3.12. The smallest absolute Gasteiger partial charge is 0.404 e. The van der Waals surface area contributed by atoms with E-state index in [1.54, 1.807) is 53.5 Å². The van der Waals surface area contributed by atoms with E-state index in [-0.39, 0.29) is 44.5 Å². The van der Waals surface area contributed by atoms with E-state index in [9.17, 15) is 14.4 Å². The molecule has 12 heteroatoms. The lowest BCUT2D eigenvalue weighted by Gasteiger charge is -2.33. The van der Waals surface area contributed by atoms with Crippen molar-refractivity contribution in [3.63, 3.8) is 0 Å². The number of ketones is 1. The second-order valence-electron chi connectivity index (χ2n) is 10.3. The van der Waals surface area contributed by atoms with Gasteiger partial charge in [-0.25, -0.2) is 4.79 Å². The summed E-state index contributed by atoms with van der Waals surface area (Å²) in [4.78, 5) is 40.2. The number of carbonyl (C=O) groups excluding carboxylic acids is 2. The van der Waals surface area contributed by atoms with Crippen LogP contribution in [0.4, 0.5) is 4.79 Å². The number of ether oxygens (including phenoxy) is 1. The molecule has 1 heterocycles. The quantitative estimate of drug-likeness (QED) is 0.145. The molecule has 1 atom stereocenters. The van der Waals surface area contributed by atoms with E-state index in [1.807, 2.05) is 30.3 Å². The Kier molecular flexibility index (Phi) is 12.9. The van der Waals surface area contributed by atoms with Gasteiger partial charge in [-0.2, -0.15) is 0 Å². The number of hydrogen-bond acceptors (Lipinski definition) is 5. The number of rotatable bonds is 12. The van der Waals surface area contributed by atoms with Crippen molar-refractivity contribution in [3.05, 3.63) is 115 Å². The summed E-state index contributed by atoms with van der Waals surface area (Å²) in [5.74, 6) is -0.397. The lowest BCUT2D eigenvalue weighted by molar-refractivity contribution is -0.133. The highest BCUT2D eigenvalue weighted by Crippen LogP contribution is 2.28. The molecule has 3 aromatic carbocycles. The van der Waals surface area contributed by atoms with E-state index in [0.717, 1.165) is 5.56 Å². The zero-order valence-electron chi connectivity index (χ0n) is 24.1. The Hall–Kier alpha value is -3.37. The number of nitrogens with zero attached hydrogens (tertiary/aromatic N) is 1. The standard InChI is InChI=1S/C33H31Cl4N3O5/c34-26-8-6-22(16-28(26)36)14-24-19-40(20-25(31(24)41)15-23-7-9-27(35)29(37)17-23)32(42)30(18-21-4-2-1-3-5-21)38-10-12-45-13-11-39-33(43)44/h1-9,14-17,30,38-39H,10-13,18-20H2,(H,43,44)/b24-14+,25-15+. The fourth-order valence-corrected chi connectivity index (χ4v) is 5.37. The Morgan fingerprint density at radius 1 is 0.822 bits per heavy atom. The van der Waals surface area contributed by atoms with Gasteiger partial charge in [-0.15, -0.1) is 0 Å². The third-order valence-electron chi connectivity index (χ3n) is 6.93. The number of nitrogens with one attached hydrogen (secondary N) is 2. The molecule has 0 radical (unpaired) electrons. The van der Waals surface area contributed by atoms with Crippen LogP contribution < -0.4 is 10.6 Å². The number of benzene rings is 3. The molecule has 0 aromatic heterocycles. The fourth-order valence-electron chi connectivity index (χ4n) is 4.76. The summed E-state index contributed by atoms with van der Waals surface area (Å²) in [6.45, 7) is 1.14. The maximum atomic E-state index is 14.1. The number of likely N-dealkylation sites (tertiary alicyclic amines) is 1. The number of carbonyl (C=O) groups is 3. The first kappa shape index (κ1) is 34.5. The first-order valence-corrected chi connectivity index (χ1v) is 15.6. The molecule has 8 nitrogen and oxygen atoms in total. The number of halogens is 4. The van der Waals surface area contributed by atoms with Crippen LogP contribution in [0.25, 0.3) is 12.2 Å². The van der Waals surface area contributed by atoms with Crippen LogP contribution in [-0.4, -0.2) is 73.2 Å². The summed E-state index contributed by atoms with van der Waals surface area (Å²) in [5, 5.41) is 15.7. The van der Waals surface area contributed by atoms with Crippen molar-refractivity contribution >= 4 is 76.3 Å². The monoisotopic (exact) mass is 689 g/mol. The zero-order chi connectivity index (χ0) is 32.3. The molecule has 1 fully saturated rings. The second kappa shape index (κ2) is 16.8. The third-order valence-corrected chi connectivity index (χ3v) is 8.41. The van der Waals surface area contributed by atoms with Crippen molar-refractivity contribution < 1.29 is 24.2 Å². The zero-order valence-corrected chi connectivity index (χ0v) is 27.1. The third kappa shape index (κ3) is 10.3. The molecule has 1 aliphatic heterocycles. The normalized spacial score (nSPS) is 15.8. The topological polar surface area (TPSA) is 108 Å². The van der Waals surface area contributed by atoms with E-state index in [2.05, 4.69) is 10.6 Å². The van der Waals surface area contributed by atoms with Crippen LogP contribution in [0.15, 0.2) is 77.9 Å². The van der Waals surface area contributed by atoms with Crippen molar-refractivity contribution in [3.8, 4) is 0 Å². The maximum absolute atomic E-state index is 14.1. The SMILES string of the molecule is O=C(O)NCCOCCNC(Cc1ccccc1)C(=O)N1C/C(=C\c2ccc(Cl)c(Cl)c2)C(=O)/C(=C/c2ccc(Cl)c(Cl)c2)C1. The van der Waals surface area contributed by atoms with Gasteiger partial charge in [-0.3, -0.25) is 9.59 Å². The summed E-state index contributed by atoms with van der Waals surface area (Å²) in [6, 6.07) is 19.1. The average molecular weight is 691 g/mol. The number of carboxylic acid groups (broad SMARTS) is 1. The van der Waals surface area contributed by atoms with Gasteiger partial charge in [0.05, 0.1) is 39.3 Å². The molecule has 3 N–H and O–H groups in total. The second-order valence-corrected chi connectivity index (χ2v) is 11.9. The minimum atomic E-state index is -1.12. The van der Waals surface area contributed by atoms with Gasteiger partial charge in [0.2, 0.25) is 5.91 Å². The van der Waals surface area contributed by atoms with E-state index in [1.165, 1.54) is 0 Å². The molecule has 4 rings (SSSR count). The van der Waals surface area contributed by atoms with Crippen molar-refractivity contribution in [2.24, 2.45) is 0 Å². The van der Waals surface area contributed by atoms with Gasteiger partial charge in [-0.1, -0.05) is 88.9 Å². The first-order valence-electron chi connectivity index (χ1n) is 14.1. The highest BCUT2D eigenvalue weighted by Gasteiger charge is 2.32. The lowest BCUT2D eigenvalue weighted by atomic mass is 9.93. The number of Topliss-reactive ketones (excluding diaryl/α,β-unsaturated/α-hetero) is 1. The average Bonchev–Trinajstić information content (AvgIpc) is 3.01. The highest BCUT2D eigenvalue weighted by atomic mass is 35.5. The first-order chi connectivity index (χ1) is 21.6. The Bertz CT molecular complexity index is 1520. The van der Waals surface area contributed by atoms with Crippen molar-refractivity contribution in [1.29, 1.82) is 0 Å². The molecule has 0 saturated carbocycles. The maximum Gasteiger partial charge on any atom is 0.404 e. The molecule has 45 heavy (non-hydrogen) atoms. The summed E-state index contributed by atoms with van der Waals surface area (Å²) < 4.78 is 5.51. The molecule has 2 amide bonds. The van der Waals surface area contributed by atoms with Gasteiger partial charge in [-0.05, 0) is 59.5 Å². The van der Waals surface area contributed by atoms with Crippen LogP contribution in [0.2, 0.25) is 20.1 Å². The molecule has 0 aliphatic carbocycles. The van der Waals surface area contributed by atoms with Crippen molar-refractivity contribution in [1.82, 2.24) is 15.5 Å². The van der Waals surface area contributed by atoms with Crippen molar-refractivity contribution in [2.75, 3.05) is 39.4 Å². The molecule has 0 bridgehead atoms. The van der Waals surface area contributed by atoms with Gasteiger partial charge in [0, 0.05) is 37.3 Å². The van der Waals surface area contributed by atoms with Gasteiger partial charge < -0.3 is 25.4 Å². The molecular weight excluding hydrogens is 660 g/mol. The van der Waals surface area contributed by atoms with Gasteiger partial charge >= 0.3 is 6.09 Å². The largest absolute Gasteiger partial charge is 0.465 e. The van der Waals surface area contributed by atoms with Crippen LogP contribution in [0.1, 0.15) is 16.7 Å². The molecule has 3 aromatic rings. The van der Waals surface area contributed by atoms with Gasteiger partial charge in [0.15, 0.2) is 5.78 Å². The van der Waals surface area contributed by atoms with Crippen molar-refractivity contribution in [2.45, 2.75) is 12.5 Å².